The second kappa shape index (κ2) is 20.4. The summed E-state index contributed by atoms with van der Waals surface area (Å²) in [5, 5.41) is 28.8. The van der Waals surface area contributed by atoms with Crippen LogP contribution in [0.1, 0.15) is 122 Å². The van der Waals surface area contributed by atoms with E-state index < -0.39 is 24.4 Å². The number of hydrogen-bond acceptors (Lipinski definition) is 5. The third-order valence-electron chi connectivity index (χ3n) is 6.57. The van der Waals surface area contributed by atoms with E-state index in [1.54, 1.807) is 0 Å². The molecule has 186 valence electrons. The monoisotopic (exact) mass is 444 g/mol. The number of ether oxygens (including phenoxy) is 2. The molecule has 0 saturated carbocycles. The number of rotatable bonds is 22. The van der Waals surface area contributed by atoms with Crippen molar-refractivity contribution >= 4 is 0 Å². The summed E-state index contributed by atoms with van der Waals surface area (Å²) < 4.78 is 11.0. The first-order chi connectivity index (χ1) is 15.2. The van der Waals surface area contributed by atoms with Gasteiger partial charge >= 0.3 is 0 Å². The molecule has 1 aliphatic rings. The van der Waals surface area contributed by atoms with Gasteiger partial charge in [-0.25, -0.2) is 0 Å². The predicted molar refractivity (Wildman–Crippen MR) is 127 cm³/mol. The van der Waals surface area contributed by atoms with Crippen LogP contribution in [0.2, 0.25) is 0 Å². The zero-order valence-electron chi connectivity index (χ0n) is 20.3. The molecule has 5 nitrogen and oxygen atoms in total. The van der Waals surface area contributed by atoms with Crippen molar-refractivity contribution in [1.82, 2.24) is 0 Å². The predicted octanol–water partition coefficient (Wildman–Crippen LogP) is 5.53. The molecule has 4 atom stereocenters. The molecule has 31 heavy (non-hydrogen) atoms. The highest BCUT2D eigenvalue weighted by molar-refractivity contribution is 4.88. The van der Waals surface area contributed by atoms with Crippen LogP contribution in [0.3, 0.4) is 0 Å². The van der Waals surface area contributed by atoms with Crippen LogP contribution in [0.25, 0.3) is 0 Å². The van der Waals surface area contributed by atoms with Crippen molar-refractivity contribution in [3.05, 3.63) is 0 Å². The zero-order valence-corrected chi connectivity index (χ0v) is 20.3. The van der Waals surface area contributed by atoms with Crippen molar-refractivity contribution in [2.45, 2.75) is 147 Å². The van der Waals surface area contributed by atoms with Crippen LogP contribution in [0.4, 0.5) is 0 Å². The van der Waals surface area contributed by atoms with Crippen LogP contribution < -0.4 is 0 Å². The first-order valence-corrected chi connectivity index (χ1v) is 13.4. The molecular weight excluding hydrogens is 392 g/mol. The number of aliphatic hydroxyl groups excluding tert-OH is 3. The lowest BCUT2D eigenvalue weighted by Gasteiger charge is -2.24. The van der Waals surface area contributed by atoms with E-state index in [1.165, 1.54) is 103 Å². The Hall–Kier alpha value is -0.200. The first kappa shape index (κ1) is 28.8. The minimum atomic E-state index is -0.975. The summed E-state index contributed by atoms with van der Waals surface area (Å²) in [4.78, 5) is 0. The summed E-state index contributed by atoms with van der Waals surface area (Å²) in [5.41, 5.74) is 0. The molecule has 0 spiro atoms. The third kappa shape index (κ3) is 14.5. The average Bonchev–Trinajstić information content (AvgIpc) is 3.11. The smallest absolute Gasteiger partial charge is 0.114 e. The molecule has 0 unspecified atom stereocenters. The quantitative estimate of drug-likeness (QED) is 0.191. The molecule has 0 amide bonds. The van der Waals surface area contributed by atoms with E-state index in [9.17, 15) is 15.3 Å². The normalized spacial score (nSPS) is 22.3. The van der Waals surface area contributed by atoms with Gasteiger partial charge in [-0.05, 0) is 6.42 Å². The maximum Gasteiger partial charge on any atom is 0.114 e. The lowest BCUT2D eigenvalue weighted by atomic mass is 10.0. The van der Waals surface area contributed by atoms with Gasteiger partial charge in [0.1, 0.15) is 24.4 Å². The third-order valence-corrected chi connectivity index (χ3v) is 6.57. The van der Waals surface area contributed by atoms with Crippen LogP contribution >= 0.6 is 0 Å². The molecule has 0 aromatic rings. The van der Waals surface area contributed by atoms with Crippen LogP contribution in [-0.2, 0) is 9.47 Å². The van der Waals surface area contributed by atoms with Crippen molar-refractivity contribution in [3.8, 4) is 0 Å². The highest BCUT2D eigenvalue weighted by Crippen LogP contribution is 2.20. The second-order valence-electron chi connectivity index (χ2n) is 9.46. The van der Waals surface area contributed by atoms with Gasteiger partial charge in [-0.15, -0.1) is 0 Å². The van der Waals surface area contributed by atoms with E-state index in [4.69, 9.17) is 9.47 Å². The maximum atomic E-state index is 9.85. The number of hydrogen-bond donors (Lipinski definition) is 3. The number of aliphatic hydroxyl groups is 3. The molecular formula is C26H52O5. The Balaban J connectivity index is 1.78. The van der Waals surface area contributed by atoms with Crippen molar-refractivity contribution in [2.24, 2.45) is 0 Å². The van der Waals surface area contributed by atoms with Gasteiger partial charge in [-0.2, -0.15) is 0 Å². The molecule has 5 heteroatoms. The summed E-state index contributed by atoms with van der Waals surface area (Å²) in [6, 6.07) is 0. The summed E-state index contributed by atoms with van der Waals surface area (Å²) in [7, 11) is 0. The molecule has 0 bridgehead atoms. The minimum Gasteiger partial charge on any atom is -0.394 e. The summed E-state index contributed by atoms with van der Waals surface area (Å²) in [6.07, 6.45) is 21.2. The zero-order chi connectivity index (χ0) is 22.6. The van der Waals surface area contributed by atoms with E-state index in [0.29, 0.717) is 6.61 Å². The van der Waals surface area contributed by atoms with Crippen molar-refractivity contribution in [3.63, 3.8) is 0 Å². The van der Waals surface area contributed by atoms with E-state index >= 15 is 0 Å². The average molecular weight is 445 g/mol. The Morgan fingerprint density at radius 1 is 0.710 bits per heavy atom. The SMILES string of the molecule is CCCCCCCCCCCCCCCCCCCCO[C@@H](CO)[C@@H]1OC[C@@H](O)[C@@H]1O. The van der Waals surface area contributed by atoms with Crippen LogP contribution in [0.5, 0.6) is 0 Å². The van der Waals surface area contributed by atoms with Gasteiger partial charge in [0.05, 0.1) is 13.2 Å². The Morgan fingerprint density at radius 3 is 1.48 bits per heavy atom. The first-order valence-electron chi connectivity index (χ1n) is 13.4. The van der Waals surface area contributed by atoms with E-state index in [1.807, 2.05) is 0 Å². The van der Waals surface area contributed by atoms with E-state index in [2.05, 4.69) is 6.92 Å². The minimum absolute atomic E-state index is 0.102. The highest BCUT2D eigenvalue weighted by Gasteiger charge is 2.40. The molecule has 0 aromatic heterocycles. The van der Waals surface area contributed by atoms with Gasteiger partial charge in [0.25, 0.3) is 0 Å². The van der Waals surface area contributed by atoms with E-state index in [-0.39, 0.29) is 13.2 Å². The van der Waals surface area contributed by atoms with Gasteiger partial charge in [0.2, 0.25) is 0 Å². The van der Waals surface area contributed by atoms with Gasteiger partial charge in [-0.3, -0.25) is 0 Å². The van der Waals surface area contributed by atoms with Crippen molar-refractivity contribution in [1.29, 1.82) is 0 Å². The Bertz CT molecular complexity index is 379. The van der Waals surface area contributed by atoms with E-state index in [0.717, 1.165) is 12.8 Å². The van der Waals surface area contributed by atoms with Gasteiger partial charge in [0.15, 0.2) is 0 Å². The Kier molecular flexibility index (Phi) is 19.0. The summed E-state index contributed by atoms with van der Waals surface area (Å²) in [6.45, 7) is 2.74. The topological polar surface area (TPSA) is 79.2 Å². The van der Waals surface area contributed by atoms with Crippen LogP contribution in [-0.4, -0.2) is 59.6 Å². The van der Waals surface area contributed by atoms with Crippen molar-refractivity contribution < 1.29 is 24.8 Å². The Labute approximate surface area is 191 Å². The standard InChI is InChI=1S/C26H52O5/c1-2-3-4-5-6-7-8-9-10-11-12-13-14-15-16-17-18-19-20-30-24(21-27)26-25(29)23(28)22-31-26/h23-29H,2-22H2,1H3/t23-,24+,25+,26+/m1/s1. The molecule has 1 fully saturated rings. The molecule has 3 N–H and O–H groups in total. The largest absolute Gasteiger partial charge is 0.394 e. The lowest BCUT2D eigenvalue weighted by Crippen LogP contribution is -2.42. The molecule has 1 heterocycles. The number of unbranched alkanes of at least 4 members (excludes halogenated alkanes) is 17. The maximum absolute atomic E-state index is 9.85. The Morgan fingerprint density at radius 2 is 1.13 bits per heavy atom. The van der Waals surface area contributed by atoms with Crippen LogP contribution in [0, 0.1) is 0 Å². The summed E-state index contributed by atoms with van der Waals surface area (Å²) >= 11 is 0. The molecule has 0 aromatic carbocycles. The molecule has 0 radical (unpaired) electrons. The molecule has 1 saturated heterocycles. The molecule has 0 aliphatic carbocycles. The molecule has 1 rings (SSSR count). The highest BCUT2D eigenvalue weighted by atomic mass is 16.6. The van der Waals surface area contributed by atoms with Crippen LogP contribution in [0.15, 0.2) is 0 Å². The van der Waals surface area contributed by atoms with Crippen molar-refractivity contribution in [2.75, 3.05) is 19.8 Å². The fraction of sp³-hybridized carbons (Fsp3) is 1.00. The summed E-state index contributed by atoms with van der Waals surface area (Å²) in [5.74, 6) is 0. The van der Waals surface area contributed by atoms with Gasteiger partial charge in [0, 0.05) is 6.61 Å². The lowest BCUT2D eigenvalue weighted by molar-refractivity contribution is -0.101. The van der Waals surface area contributed by atoms with Gasteiger partial charge in [-0.1, -0.05) is 116 Å². The molecule has 1 aliphatic heterocycles. The van der Waals surface area contributed by atoms with Gasteiger partial charge < -0.3 is 24.8 Å². The fourth-order valence-electron chi connectivity index (χ4n) is 4.44. The second-order valence-corrected chi connectivity index (χ2v) is 9.46. The fourth-order valence-corrected chi connectivity index (χ4v) is 4.44.